The highest BCUT2D eigenvalue weighted by molar-refractivity contribution is 5.99. The highest BCUT2D eigenvalue weighted by Gasteiger charge is 2.33. The molecule has 0 bridgehead atoms. The van der Waals surface area contributed by atoms with Gasteiger partial charge >= 0.3 is 5.97 Å². The molecule has 2 unspecified atom stereocenters. The predicted octanol–water partition coefficient (Wildman–Crippen LogP) is 2.01. The normalized spacial score (nSPS) is 20.5. The molecule has 0 saturated carbocycles. The molecule has 130 valence electrons. The lowest BCUT2D eigenvalue weighted by molar-refractivity contribution is -0.145. The molecular weight excluding hydrogens is 308 g/mol. The van der Waals surface area contributed by atoms with Crippen molar-refractivity contribution in [3.05, 3.63) is 35.4 Å². The summed E-state index contributed by atoms with van der Waals surface area (Å²) in [6.07, 6.45) is 1.31. The van der Waals surface area contributed by atoms with Gasteiger partial charge in [0.15, 0.2) is 0 Å². The molecule has 2 rings (SSSR count). The van der Waals surface area contributed by atoms with Crippen LogP contribution in [0.2, 0.25) is 0 Å². The fourth-order valence-corrected chi connectivity index (χ4v) is 3.01. The van der Waals surface area contributed by atoms with Crippen molar-refractivity contribution < 1.29 is 19.5 Å². The molecule has 0 aliphatic carbocycles. The van der Waals surface area contributed by atoms with Crippen molar-refractivity contribution in [2.45, 2.75) is 26.7 Å². The molecule has 6 nitrogen and oxygen atoms in total. The molecule has 1 aromatic carbocycles. The number of amides is 2. The molecule has 1 aromatic rings. The Labute approximate surface area is 141 Å². The SMILES string of the molecule is CCCNC(=O)c1cccc(C(=O)N2CCC(C(=O)O)C(C)C2)c1. The maximum atomic E-state index is 12.7. The van der Waals surface area contributed by atoms with Gasteiger partial charge in [0, 0.05) is 30.8 Å². The van der Waals surface area contributed by atoms with Crippen LogP contribution in [0.15, 0.2) is 24.3 Å². The van der Waals surface area contributed by atoms with E-state index in [1.165, 1.54) is 0 Å². The van der Waals surface area contributed by atoms with Crippen LogP contribution < -0.4 is 5.32 Å². The lowest BCUT2D eigenvalue weighted by Crippen LogP contribution is -2.45. The quantitative estimate of drug-likeness (QED) is 0.863. The maximum Gasteiger partial charge on any atom is 0.306 e. The van der Waals surface area contributed by atoms with Crippen LogP contribution in [0.3, 0.4) is 0 Å². The van der Waals surface area contributed by atoms with Crippen LogP contribution >= 0.6 is 0 Å². The van der Waals surface area contributed by atoms with Crippen molar-refractivity contribution in [2.24, 2.45) is 11.8 Å². The highest BCUT2D eigenvalue weighted by atomic mass is 16.4. The molecule has 0 spiro atoms. The molecular formula is C18H24N2O4. The van der Waals surface area contributed by atoms with Gasteiger partial charge in [0.05, 0.1) is 5.92 Å². The Balaban J connectivity index is 2.08. The summed E-state index contributed by atoms with van der Waals surface area (Å²) in [6, 6.07) is 6.66. The summed E-state index contributed by atoms with van der Waals surface area (Å²) in [5.41, 5.74) is 0.919. The average molecular weight is 332 g/mol. The minimum Gasteiger partial charge on any atom is -0.481 e. The molecule has 1 aliphatic rings. The van der Waals surface area contributed by atoms with Gasteiger partial charge in [-0.05, 0) is 37.0 Å². The Morgan fingerprint density at radius 3 is 2.62 bits per heavy atom. The number of carbonyl (C=O) groups excluding carboxylic acids is 2. The summed E-state index contributed by atoms with van der Waals surface area (Å²) in [5.74, 6) is -1.64. The van der Waals surface area contributed by atoms with Crippen LogP contribution in [0.25, 0.3) is 0 Å². The largest absolute Gasteiger partial charge is 0.481 e. The molecule has 1 aliphatic heterocycles. The van der Waals surface area contributed by atoms with Crippen LogP contribution in [0.5, 0.6) is 0 Å². The molecule has 2 amide bonds. The van der Waals surface area contributed by atoms with Gasteiger partial charge in [0.25, 0.3) is 11.8 Å². The Morgan fingerprint density at radius 1 is 1.29 bits per heavy atom. The van der Waals surface area contributed by atoms with E-state index in [0.717, 1.165) is 6.42 Å². The van der Waals surface area contributed by atoms with Crippen LogP contribution in [0.1, 0.15) is 47.4 Å². The first-order valence-electron chi connectivity index (χ1n) is 8.34. The number of rotatable bonds is 5. The summed E-state index contributed by atoms with van der Waals surface area (Å²) >= 11 is 0. The summed E-state index contributed by atoms with van der Waals surface area (Å²) < 4.78 is 0. The zero-order valence-corrected chi connectivity index (χ0v) is 14.1. The summed E-state index contributed by atoms with van der Waals surface area (Å²) in [4.78, 5) is 37.5. The Hall–Kier alpha value is -2.37. The van der Waals surface area contributed by atoms with E-state index < -0.39 is 11.9 Å². The molecule has 24 heavy (non-hydrogen) atoms. The minimum absolute atomic E-state index is 0.0868. The zero-order chi connectivity index (χ0) is 17.7. The van der Waals surface area contributed by atoms with Crippen molar-refractivity contribution >= 4 is 17.8 Å². The van der Waals surface area contributed by atoms with Gasteiger partial charge in [0.2, 0.25) is 0 Å². The predicted molar refractivity (Wildman–Crippen MR) is 89.9 cm³/mol. The number of aliphatic carboxylic acids is 1. The van der Waals surface area contributed by atoms with E-state index in [9.17, 15) is 19.5 Å². The Bertz CT molecular complexity index is 629. The molecule has 2 N–H and O–H groups in total. The highest BCUT2D eigenvalue weighted by Crippen LogP contribution is 2.24. The van der Waals surface area contributed by atoms with Crippen molar-refractivity contribution in [3.63, 3.8) is 0 Å². The minimum atomic E-state index is -0.802. The second-order valence-electron chi connectivity index (χ2n) is 6.30. The molecule has 6 heteroatoms. The Morgan fingerprint density at radius 2 is 2.00 bits per heavy atom. The smallest absolute Gasteiger partial charge is 0.306 e. The van der Waals surface area contributed by atoms with Gasteiger partial charge in [-0.25, -0.2) is 0 Å². The number of carbonyl (C=O) groups is 3. The first-order valence-corrected chi connectivity index (χ1v) is 8.34. The lowest BCUT2D eigenvalue weighted by atomic mass is 9.87. The third kappa shape index (κ3) is 4.13. The van der Waals surface area contributed by atoms with Gasteiger partial charge in [-0.15, -0.1) is 0 Å². The summed E-state index contributed by atoms with van der Waals surface area (Å²) in [6.45, 7) is 5.26. The molecule has 1 saturated heterocycles. The van der Waals surface area contributed by atoms with Crippen LogP contribution in [-0.2, 0) is 4.79 Å². The Kier molecular flexibility index (Phi) is 5.95. The number of hydrogen-bond donors (Lipinski definition) is 2. The van der Waals surface area contributed by atoms with E-state index in [-0.39, 0.29) is 17.7 Å². The third-order valence-corrected chi connectivity index (χ3v) is 4.42. The van der Waals surface area contributed by atoms with Crippen LogP contribution in [0.4, 0.5) is 0 Å². The van der Waals surface area contributed by atoms with E-state index in [2.05, 4.69) is 5.32 Å². The number of nitrogens with zero attached hydrogens (tertiary/aromatic N) is 1. The van der Waals surface area contributed by atoms with Crippen LogP contribution in [-0.4, -0.2) is 47.4 Å². The van der Waals surface area contributed by atoms with Gasteiger partial charge in [0.1, 0.15) is 0 Å². The van der Waals surface area contributed by atoms with E-state index in [0.29, 0.717) is 37.2 Å². The number of nitrogens with one attached hydrogen (secondary N) is 1. The van der Waals surface area contributed by atoms with Crippen molar-refractivity contribution in [3.8, 4) is 0 Å². The van der Waals surface area contributed by atoms with E-state index in [1.54, 1.807) is 29.2 Å². The molecule has 0 aromatic heterocycles. The lowest BCUT2D eigenvalue weighted by Gasteiger charge is -2.35. The first-order chi connectivity index (χ1) is 11.4. The number of likely N-dealkylation sites (tertiary alicyclic amines) is 1. The van der Waals surface area contributed by atoms with Crippen molar-refractivity contribution in [2.75, 3.05) is 19.6 Å². The van der Waals surface area contributed by atoms with Gasteiger partial charge < -0.3 is 15.3 Å². The fourth-order valence-electron chi connectivity index (χ4n) is 3.01. The number of carboxylic acids is 1. The summed E-state index contributed by atoms with van der Waals surface area (Å²) in [5, 5.41) is 12.0. The van der Waals surface area contributed by atoms with Crippen LogP contribution in [0, 0.1) is 11.8 Å². The average Bonchev–Trinajstić information content (AvgIpc) is 2.58. The van der Waals surface area contributed by atoms with Gasteiger partial charge in [-0.2, -0.15) is 0 Å². The molecule has 2 atom stereocenters. The topological polar surface area (TPSA) is 86.7 Å². The van der Waals surface area contributed by atoms with E-state index in [4.69, 9.17) is 0 Å². The molecule has 1 fully saturated rings. The number of piperidine rings is 1. The standard InChI is InChI=1S/C18H24N2O4/c1-3-8-19-16(21)13-5-4-6-14(10-13)17(22)20-9-7-15(18(23)24)12(2)11-20/h4-6,10,12,15H,3,7-9,11H2,1-2H3,(H,19,21)(H,23,24). The van der Waals surface area contributed by atoms with Crippen molar-refractivity contribution in [1.29, 1.82) is 0 Å². The fraction of sp³-hybridized carbons (Fsp3) is 0.500. The van der Waals surface area contributed by atoms with Crippen molar-refractivity contribution in [1.82, 2.24) is 10.2 Å². The monoisotopic (exact) mass is 332 g/mol. The number of hydrogen-bond acceptors (Lipinski definition) is 3. The van der Waals surface area contributed by atoms with E-state index in [1.807, 2.05) is 13.8 Å². The second-order valence-corrected chi connectivity index (χ2v) is 6.30. The zero-order valence-electron chi connectivity index (χ0n) is 14.1. The van der Waals surface area contributed by atoms with Gasteiger partial charge in [-0.3, -0.25) is 14.4 Å². The maximum absolute atomic E-state index is 12.7. The first kappa shape index (κ1) is 18.0. The molecule has 1 heterocycles. The second kappa shape index (κ2) is 7.95. The van der Waals surface area contributed by atoms with Gasteiger partial charge in [-0.1, -0.05) is 19.9 Å². The third-order valence-electron chi connectivity index (χ3n) is 4.42. The summed E-state index contributed by atoms with van der Waals surface area (Å²) in [7, 11) is 0. The van der Waals surface area contributed by atoms with E-state index >= 15 is 0 Å². The number of benzene rings is 1. The molecule has 0 radical (unpaired) electrons. The number of carboxylic acid groups (broad SMARTS) is 1.